The molecule has 44 heavy (non-hydrogen) atoms. The van der Waals surface area contributed by atoms with E-state index in [1.807, 2.05) is 82.3 Å². The fourth-order valence-corrected chi connectivity index (χ4v) is 6.31. The topological polar surface area (TPSA) is 86.8 Å². The first-order valence-electron chi connectivity index (χ1n) is 14.4. The molecule has 0 aliphatic carbocycles. The lowest BCUT2D eigenvalue weighted by molar-refractivity contribution is -0.140. The zero-order valence-electron chi connectivity index (χ0n) is 25.4. The van der Waals surface area contributed by atoms with Crippen molar-refractivity contribution in [1.82, 2.24) is 10.2 Å². The molecule has 1 N–H and O–H groups in total. The van der Waals surface area contributed by atoms with Crippen molar-refractivity contribution in [3.8, 4) is 0 Å². The average Bonchev–Trinajstić information content (AvgIpc) is 2.99. The summed E-state index contributed by atoms with van der Waals surface area (Å²) < 4.78 is 29.1. The fourth-order valence-electron chi connectivity index (χ4n) is 4.75. The van der Waals surface area contributed by atoms with Gasteiger partial charge in [0.2, 0.25) is 11.8 Å². The van der Waals surface area contributed by atoms with Crippen molar-refractivity contribution in [3.63, 3.8) is 0 Å². The van der Waals surface area contributed by atoms with Crippen LogP contribution < -0.4 is 9.62 Å². The Hall–Kier alpha value is -4.14. The number of hydrogen-bond donors (Lipinski definition) is 1. The molecule has 0 bridgehead atoms. The monoisotopic (exact) mass is 631 g/mol. The first kappa shape index (κ1) is 32.8. The van der Waals surface area contributed by atoms with Gasteiger partial charge in [0.25, 0.3) is 10.0 Å². The van der Waals surface area contributed by atoms with Crippen molar-refractivity contribution in [2.45, 2.75) is 57.1 Å². The lowest BCUT2D eigenvalue weighted by Gasteiger charge is -2.35. The smallest absolute Gasteiger partial charge is 0.264 e. The van der Waals surface area contributed by atoms with Gasteiger partial charge in [-0.15, -0.1) is 0 Å². The van der Waals surface area contributed by atoms with Crippen LogP contribution in [-0.2, 0) is 32.6 Å². The molecule has 0 radical (unpaired) electrons. The van der Waals surface area contributed by atoms with Crippen molar-refractivity contribution in [2.75, 3.05) is 10.8 Å². The molecule has 1 unspecified atom stereocenters. The van der Waals surface area contributed by atoms with Gasteiger partial charge in [0, 0.05) is 23.5 Å². The molecule has 0 heterocycles. The molecule has 4 aromatic rings. The van der Waals surface area contributed by atoms with Gasteiger partial charge in [-0.1, -0.05) is 90.0 Å². The highest BCUT2D eigenvalue weighted by molar-refractivity contribution is 7.92. The number of sulfonamides is 1. The molecular formula is C35H38ClN3O4S. The van der Waals surface area contributed by atoms with Crippen LogP contribution in [0, 0.1) is 6.92 Å². The third-order valence-corrected chi connectivity index (χ3v) is 9.01. The van der Waals surface area contributed by atoms with Crippen LogP contribution in [0.1, 0.15) is 37.5 Å². The maximum atomic E-state index is 14.5. The number of hydrogen-bond acceptors (Lipinski definition) is 4. The SMILES string of the molecule is Cc1ccc(CN(C(=O)CN(c2ccc(Cl)cc2)S(=O)(=O)c2ccccc2)C(Cc2ccccc2)C(=O)NC(C)(C)C)cc1. The van der Waals surface area contributed by atoms with Gasteiger partial charge >= 0.3 is 0 Å². The molecule has 9 heteroatoms. The summed E-state index contributed by atoms with van der Waals surface area (Å²) in [6.45, 7) is 7.19. The summed E-state index contributed by atoms with van der Waals surface area (Å²) in [6.07, 6.45) is 0.243. The Labute approximate surface area is 265 Å². The van der Waals surface area contributed by atoms with E-state index in [1.54, 1.807) is 42.5 Å². The van der Waals surface area contributed by atoms with Crippen LogP contribution in [0.3, 0.4) is 0 Å². The van der Waals surface area contributed by atoms with Crippen molar-refractivity contribution >= 4 is 39.1 Å². The Balaban J connectivity index is 1.80. The lowest BCUT2D eigenvalue weighted by atomic mass is 10.0. The molecule has 4 aromatic carbocycles. The summed E-state index contributed by atoms with van der Waals surface area (Å²) in [5, 5.41) is 3.47. The zero-order chi connectivity index (χ0) is 31.9. The largest absolute Gasteiger partial charge is 0.350 e. The fraction of sp³-hybridized carbons (Fsp3) is 0.257. The van der Waals surface area contributed by atoms with E-state index in [9.17, 15) is 18.0 Å². The lowest BCUT2D eigenvalue weighted by Crippen LogP contribution is -2.56. The number of benzene rings is 4. The summed E-state index contributed by atoms with van der Waals surface area (Å²) in [5.74, 6) is -0.851. The van der Waals surface area contributed by atoms with Gasteiger partial charge in [0.1, 0.15) is 12.6 Å². The van der Waals surface area contributed by atoms with E-state index in [0.29, 0.717) is 5.02 Å². The standard InChI is InChI=1S/C35H38ClN3O4S/c1-26-15-17-28(18-16-26)24-38(32(34(41)37-35(2,3)4)23-27-11-7-5-8-12-27)33(40)25-39(30-21-19-29(36)20-22-30)44(42,43)31-13-9-6-10-14-31/h5-22,32H,23-25H2,1-4H3,(H,37,41). The van der Waals surface area contributed by atoms with Crippen LogP contribution in [0.25, 0.3) is 0 Å². The predicted octanol–water partition coefficient (Wildman–Crippen LogP) is 6.40. The maximum Gasteiger partial charge on any atom is 0.264 e. The minimum atomic E-state index is -4.17. The van der Waals surface area contributed by atoms with Crippen LogP contribution in [0.15, 0.2) is 114 Å². The van der Waals surface area contributed by atoms with Gasteiger partial charge in [0.15, 0.2) is 0 Å². The van der Waals surface area contributed by atoms with Gasteiger partial charge in [0.05, 0.1) is 10.6 Å². The van der Waals surface area contributed by atoms with Gasteiger partial charge in [-0.3, -0.25) is 13.9 Å². The normalized spacial score (nSPS) is 12.3. The molecule has 0 aliphatic rings. The number of carbonyl (C=O) groups excluding carboxylic acids is 2. The van der Waals surface area contributed by atoms with E-state index in [4.69, 9.17) is 11.6 Å². The van der Waals surface area contributed by atoms with Crippen molar-refractivity contribution in [1.29, 1.82) is 0 Å². The molecule has 0 spiro atoms. The van der Waals surface area contributed by atoms with Gasteiger partial charge in [-0.2, -0.15) is 0 Å². The van der Waals surface area contributed by atoms with Crippen LogP contribution in [0.5, 0.6) is 0 Å². The Morgan fingerprint density at radius 1 is 0.795 bits per heavy atom. The third kappa shape index (κ3) is 8.71. The summed E-state index contributed by atoms with van der Waals surface area (Å²) in [5.41, 5.74) is 2.46. The molecule has 4 rings (SSSR count). The minimum Gasteiger partial charge on any atom is -0.350 e. The predicted molar refractivity (Wildman–Crippen MR) is 176 cm³/mol. The Morgan fingerprint density at radius 3 is 1.93 bits per heavy atom. The molecule has 1 atom stereocenters. The minimum absolute atomic E-state index is 0.0409. The molecule has 0 saturated carbocycles. The summed E-state index contributed by atoms with van der Waals surface area (Å²) in [7, 11) is -4.17. The van der Waals surface area contributed by atoms with Crippen molar-refractivity contribution in [2.24, 2.45) is 0 Å². The number of aryl methyl sites for hydroxylation is 1. The number of amides is 2. The van der Waals surface area contributed by atoms with Crippen LogP contribution >= 0.6 is 11.6 Å². The highest BCUT2D eigenvalue weighted by Crippen LogP contribution is 2.26. The number of nitrogens with zero attached hydrogens (tertiary/aromatic N) is 2. The van der Waals surface area contributed by atoms with Crippen LogP contribution in [0.4, 0.5) is 5.69 Å². The van der Waals surface area contributed by atoms with Gasteiger partial charge < -0.3 is 10.2 Å². The van der Waals surface area contributed by atoms with E-state index in [1.165, 1.54) is 17.0 Å². The molecule has 0 aromatic heterocycles. The average molecular weight is 632 g/mol. The summed E-state index contributed by atoms with van der Waals surface area (Å²) in [4.78, 5) is 29.9. The van der Waals surface area contributed by atoms with Gasteiger partial charge in [-0.25, -0.2) is 8.42 Å². The highest BCUT2D eigenvalue weighted by Gasteiger charge is 2.35. The molecular weight excluding hydrogens is 594 g/mol. The molecule has 0 saturated heterocycles. The van der Waals surface area contributed by atoms with E-state index in [2.05, 4.69) is 5.32 Å². The van der Waals surface area contributed by atoms with Crippen LogP contribution in [-0.4, -0.2) is 43.3 Å². The Bertz CT molecular complexity index is 1660. The molecule has 0 fully saturated rings. The third-order valence-electron chi connectivity index (χ3n) is 6.97. The maximum absolute atomic E-state index is 14.5. The second kappa shape index (κ2) is 14.1. The number of nitrogens with one attached hydrogen (secondary N) is 1. The first-order valence-corrected chi connectivity index (χ1v) is 16.2. The summed E-state index contributed by atoms with van der Waals surface area (Å²) in [6, 6.07) is 30.5. The zero-order valence-corrected chi connectivity index (χ0v) is 27.0. The van der Waals surface area contributed by atoms with E-state index < -0.39 is 34.1 Å². The van der Waals surface area contributed by atoms with Crippen molar-refractivity contribution in [3.05, 3.63) is 131 Å². The Morgan fingerprint density at radius 2 is 1.36 bits per heavy atom. The molecule has 230 valence electrons. The van der Waals surface area contributed by atoms with E-state index in [-0.39, 0.29) is 29.5 Å². The Kier molecular flexibility index (Phi) is 10.5. The second-order valence-corrected chi connectivity index (χ2v) is 14.1. The highest BCUT2D eigenvalue weighted by atomic mass is 35.5. The van der Waals surface area contributed by atoms with E-state index >= 15 is 0 Å². The van der Waals surface area contributed by atoms with E-state index in [0.717, 1.165) is 21.0 Å². The van der Waals surface area contributed by atoms with Crippen molar-refractivity contribution < 1.29 is 18.0 Å². The number of rotatable bonds is 11. The first-order chi connectivity index (χ1) is 20.8. The summed E-state index contributed by atoms with van der Waals surface area (Å²) >= 11 is 6.12. The van der Waals surface area contributed by atoms with Crippen LogP contribution in [0.2, 0.25) is 5.02 Å². The second-order valence-electron chi connectivity index (χ2n) is 11.8. The number of carbonyl (C=O) groups is 2. The van der Waals surface area contributed by atoms with Gasteiger partial charge in [-0.05, 0) is 75.2 Å². The number of halogens is 1. The molecule has 7 nitrogen and oxygen atoms in total. The quantitative estimate of drug-likeness (QED) is 0.208. The number of anilines is 1. The molecule has 0 aliphatic heterocycles. The molecule has 2 amide bonds.